The van der Waals surface area contributed by atoms with E-state index in [4.69, 9.17) is 11.8 Å². The molecule has 0 bridgehead atoms. The largest absolute Gasteiger partial charge is 0.478 e. The summed E-state index contributed by atoms with van der Waals surface area (Å²) in [5.41, 5.74) is 0.893. The van der Waals surface area contributed by atoms with Crippen molar-refractivity contribution in [1.82, 2.24) is 4.00 Å². The van der Waals surface area contributed by atoms with Crippen LogP contribution in [0, 0.1) is 10.7 Å². The van der Waals surface area contributed by atoms with E-state index in [0.717, 1.165) is 0 Å². The number of halogens is 4. The molecule has 5 nitrogen and oxygen atoms in total. The molecular formula is C11H10ClI3NO4+. The first-order chi connectivity index (χ1) is 9.07. The minimum absolute atomic E-state index is 0.0527. The second-order valence-corrected chi connectivity index (χ2v) is 7.94. The second-order valence-electron chi connectivity index (χ2n) is 4.02. The van der Waals surface area contributed by atoms with E-state index in [9.17, 15) is 19.8 Å². The fourth-order valence-electron chi connectivity index (χ4n) is 1.55. The number of aliphatic hydroxyl groups is 1. The number of quaternary nitrogens is 1. The number of carboxylic acid groups (broad SMARTS) is 1. The summed E-state index contributed by atoms with van der Waals surface area (Å²) < 4.78 is 0.849. The maximum absolute atomic E-state index is 11.8. The lowest BCUT2D eigenvalue weighted by molar-refractivity contribution is -0.123. The van der Waals surface area contributed by atoms with Crippen molar-refractivity contribution in [2.75, 3.05) is 7.05 Å². The van der Waals surface area contributed by atoms with Gasteiger partial charge in [-0.1, -0.05) is 0 Å². The van der Waals surface area contributed by atoms with E-state index >= 15 is 0 Å². The van der Waals surface area contributed by atoms with Crippen molar-refractivity contribution >= 4 is 97.1 Å². The first kappa shape index (κ1) is 18.8. The summed E-state index contributed by atoms with van der Waals surface area (Å²) in [6, 6.07) is 0. The zero-order chi connectivity index (χ0) is 15.8. The first-order valence-corrected chi connectivity index (χ1v) is 8.76. The summed E-state index contributed by atoms with van der Waals surface area (Å²) in [5, 5.41) is 18.8. The zero-order valence-electron chi connectivity index (χ0n) is 10.4. The van der Waals surface area contributed by atoms with Crippen LogP contribution in [-0.4, -0.2) is 29.1 Å². The molecule has 1 atom stereocenters. The molecule has 1 aromatic carbocycles. The molecule has 0 aromatic heterocycles. The molecule has 9 heteroatoms. The Morgan fingerprint density at radius 1 is 1.20 bits per heavy atom. The highest BCUT2D eigenvalue weighted by Crippen LogP contribution is 2.41. The van der Waals surface area contributed by atoms with Crippen molar-refractivity contribution < 1.29 is 19.8 Å². The minimum atomic E-state index is -1.12. The van der Waals surface area contributed by atoms with E-state index in [2.05, 4.69) is 0 Å². The molecule has 20 heavy (non-hydrogen) atoms. The van der Waals surface area contributed by atoms with E-state index in [1.807, 2.05) is 67.8 Å². The molecule has 0 aliphatic heterocycles. The Kier molecular flexibility index (Phi) is 6.48. The van der Waals surface area contributed by atoms with Gasteiger partial charge in [-0.15, -0.1) is 4.00 Å². The Labute approximate surface area is 161 Å². The van der Waals surface area contributed by atoms with Gasteiger partial charge in [-0.05, 0) is 67.8 Å². The topological polar surface area (TPSA) is 74.6 Å². The van der Waals surface area contributed by atoms with Crippen LogP contribution in [0.15, 0.2) is 0 Å². The van der Waals surface area contributed by atoms with Crippen molar-refractivity contribution in [2.24, 2.45) is 0 Å². The number of aliphatic hydroxyl groups excluding tert-OH is 1. The maximum atomic E-state index is 11.8. The van der Waals surface area contributed by atoms with E-state index in [0.29, 0.717) is 22.0 Å². The summed E-state index contributed by atoms with van der Waals surface area (Å²) in [5.74, 6) is -1.46. The first-order valence-electron chi connectivity index (χ1n) is 5.18. The molecule has 0 saturated carbocycles. The summed E-state index contributed by atoms with van der Waals surface area (Å²) in [6.45, 7) is 1.01. The lowest BCUT2D eigenvalue weighted by atomic mass is 10.1. The number of hydrogen-bond donors (Lipinski definition) is 2. The Morgan fingerprint density at radius 3 is 2.05 bits per heavy atom. The summed E-state index contributed by atoms with van der Waals surface area (Å²) in [6.07, 6.45) is 0. The van der Waals surface area contributed by atoms with Crippen LogP contribution >= 0.6 is 79.5 Å². The SMILES string of the molecule is CC(=O)[N+](C)(Cl)c1c(I)c(CO)c(I)c(C(=O)O)c1I. The summed E-state index contributed by atoms with van der Waals surface area (Å²) in [4.78, 5) is 23.2. The number of hydrogen-bond acceptors (Lipinski definition) is 3. The third-order valence-corrected chi connectivity index (χ3v) is 6.58. The number of carboxylic acids is 1. The van der Waals surface area contributed by atoms with Gasteiger partial charge in [0.1, 0.15) is 0 Å². The predicted octanol–water partition coefficient (Wildman–Crippen LogP) is 3.33. The van der Waals surface area contributed by atoms with Gasteiger partial charge in [0.05, 0.1) is 33.3 Å². The number of carbonyl (C=O) groups is 2. The molecule has 0 aliphatic rings. The molecule has 0 spiro atoms. The van der Waals surface area contributed by atoms with Gasteiger partial charge in [-0.25, -0.2) is 9.59 Å². The van der Waals surface area contributed by atoms with Crippen LogP contribution in [0.4, 0.5) is 5.69 Å². The van der Waals surface area contributed by atoms with Gasteiger partial charge in [0.2, 0.25) is 0 Å². The van der Waals surface area contributed by atoms with Crippen molar-refractivity contribution in [3.63, 3.8) is 0 Å². The van der Waals surface area contributed by atoms with Gasteiger partial charge >= 0.3 is 11.9 Å². The van der Waals surface area contributed by atoms with E-state index in [-0.39, 0.29) is 18.1 Å². The fraction of sp³-hybridized carbons (Fsp3) is 0.273. The highest BCUT2D eigenvalue weighted by molar-refractivity contribution is 14.1. The molecule has 0 aliphatic carbocycles. The predicted molar refractivity (Wildman–Crippen MR) is 102 cm³/mol. The van der Waals surface area contributed by atoms with Gasteiger partial charge in [0.15, 0.2) is 17.5 Å². The minimum Gasteiger partial charge on any atom is -0.478 e. The number of benzene rings is 1. The number of nitrogens with zero attached hydrogens (tertiary/aromatic N) is 1. The maximum Gasteiger partial charge on any atom is 0.338 e. The monoisotopic (exact) mass is 636 g/mol. The Hall–Kier alpha value is 0.760. The van der Waals surface area contributed by atoms with Crippen LogP contribution in [0.2, 0.25) is 0 Å². The van der Waals surface area contributed by atoms with E-state index < -0.39 is 9.97 Å². The standard InChI is InChI=1S/C11H9ClI3NO4/c1-4(18)16(2,12)10-8(14)5(3-17)7(13)6(9(10)15)11(19)20/h17H,3H2,1-2H3/p+1. The van der Waals surface area contributed by atoms with Crippen LogP contribution in [0.1, 0.15) is 22.8 Å². The van der Waals surface area contributed by atoms with Crippen molar-refractivity contribution in [1.29, 1.82) is 0 Å². The lowest BCUT2D eigenvalue weighted by Gasteiger charge is -2.24. The van der Waals surface area contributed by atoms with Gasteiger partial charge in [-0.3, -0.25) is 0 Å². The summed E-state index contributed by atoms with van der Waals surface area (Å²) in [7, 11) is 1.48. The Balaban J connectivity index is 3.91. The molecule has 110 valence electrons. The molecule has 1 aromatic rings. The Morgan fingerprint density at radius 2 is 1.70 bits per heavy atom. The molecule has 1 amide bonds. The fourth-order valence-corrected chi connectivity index (χ4v) is 6.94. The van der Waals surface area contributed by atoms with Crippen LogP contribution in [0.3, 0.4) is 0 Å². The number of aromatic carboxylic acids is 1. The number of rotatable bonds is 3. The number of carbonyl (C=O) groups excluding carboxylic acids is 1. The molecular weight excluding hydrogens is 626 g/mol. The van der Waals surface area contributed by atoms with Crippen LogP contribution in [-0.2, 0) is 11.4 Å². The van der Waals surface area contributed by atoms with Crippen molar-refractivity contribution in [2.45, 2.75) is 13.5 Å². The van der Waals surface area contributed by atoms with Gasteiger partial charge in [-0.2, -0.15) is 0 Å². The molecule has 0 heterocycles. The molecule has 2 N–H and O–H groups in total. The third-order valence-electron chi connectivity index (χ3n) is 2.77. The molecule has 1 rings (SSSR count). The lowest BCUT2D eigenvalue weighted by Crippen LogP contribution is -2.41. The average molecular weight is 636 g/mol. The zero-order valence-corrected chi connectivity index (χ0v) is 17.6. The molecule has 1 unspecified atom stereocenters. The molecule has 0 saturated heterocycles. The van der Waals surface area contributed by atoms with Gasteiger partial charge < -0.3 is 10.2 Å². The highest BCUT2D eigenvalue weighted by Gasteiger charge is 2.39. The molecule has 0 fully saturated rings. The van der Waals surface area contributed by atoms with Gasteiger partial charge in [0.25, 0.3) is 0 Å². The van der Waals surface area contributed by atoms with Crippen LogP contribution in [0.5, 0.6) is 0 Å². The van der Waals surface area contributed by atoms with Crippen LogP contribution < -0.4 is 4.00 Å². The quantitative estimate of drug-likeness (QED) is 0.395. The van der Waals surface area contributed by atoms with Gasteiger partial charge in [0, 0.05) is 9.13 Å². The normalized spacial score (nSPS) is 13.9. The summed E-state index contributed by atoms with van der Waals surface area (Å²) >= 11 is 12.0. The highest BCUT2D eigenvalue weighted by atomic mass is 127. The third kappa shape index (κ3) is 3.24. The second kappa shape index (κ2) is 6.89. The average Bonchev–Trinajstić information content (AvgIpc) is 2.27. The molecule has 0 radical (unpaired) electrons. The van der Waals surface area contributed by atoms with Crippen LogP contribution in [0.25, 0.3) is 0 Å². The van der Waals surface area contributed by atoms with E-state index in [1.54, 1.807) is 0 Å². The van der Waals surface area contributed by atoms with Crippen molar-refractivity contribution in [3.8, 4) is 0 Å². The smallest absolute Gasteiger partial charge is 0.338 e. The van der Waals surface area contributed by atoms with E-state index in [1.165, 1.54) is 14.0 Å². The van der Waals surface area contributed by atoms with Crippen molar-refractivity contribution in [3.05, 3.63) is 21.8 Å². The Bertz CT molecular complexity index is 604. The number of amides is 1.